The molecular formula is C62H102N8O12S. The topological polar surface area (TPSA) is 350 Å². The van der Waals surface area contributed by atoms with E-state index >= 15 is 0 Å². The molecule has 1 aromatic carbocycles. The number of nitrogens with one attached hydrogen (secondary N) is 4. The fourth-order valence-corrected chi connectivity index (χ4v) is 11.2. The van der Waals surface area contributed by atoms with Gasteiger partial charge in [0.1, 0.15) is 47.0 Å². The van der Waals surface area contributed by atoms with Gasteiger partial charge in [-0.25, -0.2) is 0 Å². The van der Waals surface area contributed by atoms with Gasteiger partial charge in [0, 0.05) is 75.5 Å². The predicted octanol–water partition coefficient (Wildman–Crippen LogP) is 5.74. The number of ketones is 6. The summed E-state index contributed by atoms with van der Waals surface area (Å²) in [5.41, 5.74) is 18.0. The average Bonchev–Trinajstić information content (AvgIpc) is 3.46. The zero-order valence-electron chi connectivity index (χ0n) is 50.3. The van der Waals surface area contributed by atoms with Gasteiger partial charge in [-0.2, -0.15) is 11.8 Å². The van der Waals surface area contributed by atoms with Crippen molar-refractivity contribution >= 4 is 76.0 Å². The highest BCUT2D eigenvalue weighted by atomic mass is 32.2. The maximum Gasteiger partial charge on any atom is 0.244 e. The largest absolute Gasteiger partial charge is 0.393 e. The molecule has 12 N–H and O–H groups in total. The lowest BCUT2D eigenvalue weighted by Gasteiger charge is -2.26. The number of aliphatic imine (C=N–C) groups is 1. The first-order valence-electron chi connectivity index (χ1n) is 30.7. The number of Topliss-reactive ketones (excluding diaryl/α,β-unsaturated/α-hetero) is 6. The van der Waals surface area contributed by atoms with Crippen molar-refractivity contribution in [1.29, 1.82) is 0 Å². The van der Waals surface area contributed by atoms with Crippen molar-refractivity contribution in [2.75, 3.05) is 24.6 Å². The fraction of sp³-hybridized carbons (Fsp3) is 0.726. The molecule has 2 rings (SSSR count). The van der Waals surface area contributed by atoms with Crippen LogP contribution >= 0.6 is 11.8 Å². The fourth-order valence-electron chi connectivity index (χ4n) is 10.2. The van der Waals surface area contributed by atoms with Gasteiger partial charge in [0.25, 0.3) is 0 Å². The first-order chi connectivity index (χ1) is 39.6. The third-order valence-electron chi connectivity index (χ3n) is 15.4. The second-order valence-electron chi connectivity index (χ2n) is 22.8. The molecule has 0 aliphatic carbocycles. The molecular weight excluding hydrogens is 1080 g/mol. The smallest absolute Gasteiger partial charge is 0.244 e. The number of nitrogens with two attached hydrogens (primary N) is 3. The summed E-state index contributed by atoms with van der Waals surface area (Å²) >= 11 is 1.14. The van der Waals surface area contributed by atoms with Crippen LogP contribution in [0, 0.1) is 17.8 Å². The Kier molecular flexibility index (Phi) is 38.4. The van der Waals surface area contributed by atoms with E-state index in [0.717, 1.165) is 37.4 Å². The van der Waals surface area contributed by atoms with E-state index in [1.807, 2.05) is 0 Å². The molecule has 468 valence electrons. The highest BCUT2D eigenvalue weighted by Crippen LogP contribution is 2.26. The number of nitrogens with zero attached hydrogens (tertiary/aromatic N) is 1. The van der Waals surface area contributed by atoms with E-state index in [1.165, 1.54) is 85.0 Å². The Labute approximate surface area is 497 Å². The number of rotatable bonds is 37. The number of thioether (sulfide) groups is 1. The summed E-state index contributed by atoms with van der Waals surface area (Å²) < 4.78 is 0. The lowest BCUT2D eigenvalue weighted by Crippen LogP contribution is -2.57. The SMILES string of the molecule is CCCCCCCCCCCCCCCC(=O)CCCCC[C@H](N)C(=O)CCC(=O)N[C@H]1CSCC[C@@H](C(=O)C[C@H](C(C)=O)[C@@H](C)O)CC(=O)[C@H]([C@@H](C)O)CC(=O)CNC(=O)[C@H](Cc2ccccc2)NC(=O)[C@H](CCCN=C(N)N)NC1=O. The predicted molar refractivity (Wildman–Crippen MR) is 325 cm³/mol. The molecule has 1 aromatic rings. The van der Waals surface area contributed by atoms with E-state index in [9.17, 15) is 58.2 Å². The Morgan fingerprint density at radius 2 is 1.33 bits per heavy atom. The number of aliphatic hydroxyl groups is 2. The molecule has 0 spiro atoms. The second-order valence-corrected chi connectivity index (χ2v) is 23.9. The van der Waals surface area contributed by atoms with E-state index < -0.39 is 120 Å². The zero-order valence-corrected chi connectivity index (χ0v) is 51.1. The minimum atomic E-state index is -1.34. The van der Waals surface area contributed by atoms with Crippen molar-refractivity contribution in [3.8, 4) is 0 Å². The average molecular weight is 1180 g/mol. The third-order valence-corrected chi connectivity index (χ3v) is 16.5. The molecule has 4 amide bonds. The van der Waals surface area contributed by atoms with Crippen molar-refractivity contribution in [2.24, 2.45) is 39.9 Å². The standard InChI is InChI=1S/C62H102N8O12S/c1-5-6-7-8-9-10-11-12-13-14-15-16-21-27-47(74)28-22-18-23-29-51(63)55(76)31-32-58(79)68-54-41-83-35-33-46(56(77)39-49(42(2)71)43(3)72)37-57(78)50(44(4)73)38-48(75)40-67-59(80)53(36-45-25-19-17-20-26-45)70-60(81)52(69-61(54)82)30-24-34-66-62(64)65/h17,19-20,25-26,42,44,46,49-54,71,73H,5-16,18,21-24,27-41,63H2,1-4H3,(H,67,80)(H,68,79)(H,69,82)(H,70,81)(H4,64,65,66)/t42-,44-,46-,49+,50+,51+,52+,53+,54+/m1/s1. The molecule has 20 nitrogen and oxygen atoms in total. The highest BCUT2D eigenvalue weighted by molar-refractivity contribution is 7.99. The van der Waals surface area contributed by atoms with Gasteiger partial charge in [-0.15, -0.1) is 0 Å². The number of guanidine groups is 1. The van der Waals surface area contributed by atoms with Crippen LogP contribution in [-0.2, 0) is 54.4 Å². The van der Waals surface area contributed by atoms with Crippen LogP contribution in [0.15, 0.2) is 35.3 Å². The number of carbonyl (C=O) groups excluding carboxylic acids is 10. The molecule has 1 saturated heterocycles. The van der Waals surface area contributed by atoms with Crippen LogP contribution in [0.2, 0.25) is 0 Å². The summed E-state index contributed by atoms with van der Waals surface area (Å²) in [6.07, 6.45) is 15.5. The van der Waals surface area contributed by atoms with Gasteiger partial charge in [-0.05, 0) is 70.6 Å². The van der Waals surface area contributed by atoms with Crippen LogP contribution in [0.4, 0.5) is 0 Å². The Balaban J connectivity index is 2.23. The number of hydrogen-bond acceptors (Lipinski definition) is 15. The highest BCUT2D eigenvalue weighted by Gasteiger charge is 2.35. The Morgan fingerprint density at radius 3 is 1.90 bits per heavy atom. The van der Waals surface area contributed by atoms with Gasteiger partial charge in [0.05, 0.1) is 30.7 Å². The first-order valence-corrected chi connectivity index (χ1v) is 31.9. The van der Waals surface area contributed by atoms with E-state index in [0.29, 0.717) is 37.7 Å². The van der Waals surface area contributed by atoms with E-state index in [4.69, 9.17) is 17.2 Å². The number of hydrogen-bond donors (Lipinski definition) is 9. The number of carbonyl (C=O) groups is 10. The van der Waals surface area contributed by atoms with Crippen molar-refractivity contribution in [3.63, 3.8) is 0 Å². The van der Waals surface area contributed by atoms with Gasteiger partial charge >= 0.3 is 0 Å². The molecule has 1 aliphatic heterocycles. The third kappa shape index (κ3) is 33.0. The minimum absolute atomic E-state index is 0.0132. The summed E-state index contributed by atoms with van der Waals surface area (Å²) in [6, 6.07) is 3.94. The van der Waals surface area contributed by atoms with Gasteiger partial charge < -0.3 is 48.7 Å². The molecule has 21 heteroatoms. The number of amides is 4. The lowest BCUT2D eigenvalue weighted by molar-refractivity contribution is -0.136. The zero-order chi connectivity index (χ0) is 61.5. The minimum Gasteiger partial charge on any atom is -0.393 e. The van der Waals surface area contributed by atoms with Crippen molar-refractivity contribution < 1.29 is 58.2 Å². The van der Waals surface area contributed by atoms with Crippen LogP contribution < -0.4 is 38.5 Å². The number of benzene rings is 1. The van der Waals surface area contributed by atoms with Crippen LogP contribution in [-0.4, -0.2) is 135 Å². The van der Waals surface area contributed by atoms with Crippen LogP contribution in [0.3, 0.4) is 0 Å². The molecule has 0 aromatic heterocycles. The van der Waals surface area contributed by atoms with Gasteiger partial charge in [-0.1, -0.05) is 127 Å². The molecule has 0 unspecified atom stereocenters. The molecule has 1 heterocycles. The molecule has 0 radical (unpaired) electrons. The van der Waals surface area contributed by atoms with Crippen LogP contribution in [0.25, 0.3) is 0 Å². The summed E-state index contributed by atoms with van der Waals surface area (Å²) in [5.74, 6) is -8.88. The first kappa shape index (κ1) is 73.7. The number of unbranched alkanes of at least 4 members (excludes halogenated alkanes) is 14. The second kappa shape index (κ2) is 43.3. The number of aliphatic hydroxyl groups excluding tert-OH is 2. The quantitative estimate of drug-likeness (QED) is 0.0218. The molecule has 1 aliphatic rings. The maximum atomic E-state index is 14.4. The molecule has 9 atom stereocenters. The normalized spacial score (nSPS) is 20.4. The van der Waals surface area contributed by atoms with Gasteiger partial charge in [0.2, 0.25) is 23.6 Å². The Hall–Kier alpha value is -5.38. The Bertz CT molecular complexity index is 2190. The maximum absolute atomic E-state index is 14.4. The Morgan fingerprint density at radius 1 is 0.735 bits per heavy atom. The van der Waals surface area contributed by atoms with Crippen molar-refractivity contribution in [3.05, 3.63) is 35.9 Å². The van der Waals surface area contributed by atoms with Gasteiger partial charge in [0.15, 0.2) is 11.7 Å². The summed E-state index contributed by atoms with van der Waals surface area (Å²) in [6.45, 7) is 5.68. The molecule has 1 fully saturated rings. The van der Waals surface area contributed by atoms with Crippen molar-refractivity contribution in [1.82, 2.24) is 21.3 Å². The van der Waals surface area contributed by atoms with E-state index in [1.54, 1.807) is 30.3 Å². The summed E-state index contributed by atoms with van der Waals surface area (Å²) in [4.78, 5) is 140. The monoisotopic (exact) mass is 1180 g/mol. The van der Waals surface area contributed by atoms with Crippen molar-refractivity contribution in [2.45, 2.75) is 244 Å². The lowest BCUT2D eigenvalue weighted by atomic mass is 9.82. The molecule has 0 bridgehead atoms. The summed E-state index contributed by atoms with van der Waals surface area (Å²) in [5, 5.41) is 31.8. The molecule has 83 heavy (non-hydrogen) atoms. The molecule has 0 saturated carbocycles. The van der Waals surface area contributed by atoms with Crippen LogP contribution in [0.5, 0.6) is 0 Å². The summed E-state index contributed by atoms with van der Waals surface area (Å²) in [7, 11) is 0. The van der Waals surface area contributed by atoms with E-state index in [2.05, 4.69) is 33.2 Å². The van der Waals surface area contributed by atoms with Crippen LogP contribution in [0.1, 0.15) is 207 Å². The van der Waals surface area contributed by atoms with E-state index in [-0.39, 0.29) is 80.5 Å². The van der Waals surface area contributed by atoms with Gasteiger partial charge in [-0.3, -0.25) is 52.9 Å².